The molecule has 33 heavy (non-hydrogen) atoms. The van der Waals surface area contributed by atoms with Crippen molar-refractivity contribution in [3.63, 3.8) is 0 Å². The van der Waals surface area contributed by atoms with Gasteiger partial charge >= 0.3 is 0 Å². The molecular weight excluding hydrogens is 428 g/mol. The van der Waals surface area contributed by atoms with Crippen molar-refractivity contribution < 1.29 is 4.79 Å². The third-order valence-corrected chi connectivity index (χ3v) is 8.02. The van der Waals surface area contributed by atoms with Gasteiger partial charge in [0.2, 0.25) is 5.91 Å². The number of aromatic nitrogens is 2. The molecule has 2 aliphatic rings. The van der Waals surface area contributed by atoms with Crippen molar-refractivity contribution >= 4 is 33.3 Å². The highest BCUT2D eigenvalue weighted by molar-refractivity contribution is 7.19. The molecule has 0 N–H and O–H groups in total. The Kier molecular flexibility index (Phi) is 6.63. The Morgan fingerprint density at radius 2 is 1.76 bits per heavy atom. The molecule has 3 heterocycles. The van der Waals surface area contributed by atoms with Gasteiger partial charge in [-0.25, -0.2) is 9.97 Å². The van der Waals surface area contributed by atoms with Crippen LogP contribution in [0.15, 0.2) is 30.3 Å². The molecule has 2 aromatic heterocycles. The van der Waals surface area contributed by atoms with Crippen LogP contribution < -0.4 is 4.90 Å². The summed E-state index contributed by atoms with van der Waals surface area (Å²) in [5, 5.41) is 1.29. The van der Waals surface area contributed by atoms with Gasteiger partial charge in [-0.3, -0.25) is 4.79 Å². The predicted molar refractivity (Wildman–Crippen MR) is 136 cm³/mol. The third-order valence-electron chi connectivity index (χ3n) is 6.84. The molecule has 1 aliphatic heterocycles. The number of aryl methyl sites for hydroxylation is 4. The molecule has 5 rings (SSSR count). The number of amides is 1. The van der Waals surface area contributed by atoms with Crippen LogP contribution in [0.2, 0.25) is 0 Å². The van der Waals surface area contributed by atoms with Crippen molar-refractivity contribution in [1.82, 2.24) is 14.9 Å². The topological polar surface area (TPSA) is 49.3 Å². The Labute approximate surface area is 200 Å². The SMILES string of the molecule is CC(C)CC(=O)N1CCN(c2nc(CCc3ccccc3)nc3sc4c(c23)CCCC4)CC1. The van der Waals surface area contributed by atoms with E-state index in [9.17, 15) is 4.79 Å². The van der Waals surface area contributed by atoms with E-state index in [1.165, 1.54) is 40.7 Å². The molecule has 1 amide bonds. The summed E-state index contributed by atoms with van der Waals surface area (Å²) in [4.78, 5) is 29.9. The maximum absolute atomic E-state index is 12.6. The average Bonchev–Trinajstić information content (AvgIpc) is 3.21. The largest absolute Gasteiger partial charge is 0.352 e. The van der Waals surface area contributed by atoms with Crippen molar-refractivity contribution in [2.45, 2.75) is 58.8 Å². The van der Waals surface area contributed by atoms with Gasteiger partial charge in [-0.2, -0.15) is 0 Å². The van der Waals surface area contributed by atoms with Gasteiger partial charge in [-0.1, -0.05) is 44.2 Å². The van der Waals surface area contributed by atoms with E-state index in [-0.39, 0.29) is 5.91 Å². The number of carbonyl (C=O) groups excluding carboxylic acids is 1. The average molecular weight is 463 g/mol. The van der Waals surface area contributed by atoms with Gasteiger partial charge in [0.05, 0.1) is 5.39 Å². The van der Waals surface area contributed by atoms with Gasteiger partial charge in [-0.15, -0.1) is 11.3 Å². The van der Waals surface area contributed by atoms with E-state index in [1.54, 1.807) is 0 Å². The van der Waals surface area contributed by atoms with Crippen molar-refractivity contribution in [2.24, 2.45) is 5.92 Å². The maximum Gasteiger partial charge on any atom is 0.222 e. The van der Waals surface area contributed by atoms with Crippen LogP contribution in [-0.2, 0) is 30.5 Å². The molecule has 5 nitrogen and oxygen atoms in total. The van der Waals surface area contributed by atoms with E-state index in [4.69, 9.17) is 9.97 Å². The van der Waals surface area contributed by atoms with Gasteiger partial charge in [0, 0.05) is 43.9 Å². The minimum atomic E-state index is 0.286. The zero-order valence-corrected chi connectivity index (χ0v) is 20.7. The summed E-state index contributed by atoms with van der Waals surface area (Å²) in [7, 11) is 0. The van der Waals surface area contributed by atoms with Crippen LogP contribution in [0.1, 0.15) is 54.9 Å². The number of piperazine rings is 1. The highest BCUT2D eigenvalue weighted by Gasteiger charge is 2.27. The second kappa shape index (κ2) is 9.80. The first-order valence-electron chi connectivity index (χ1n) is 12.5. The van der Waals surface area contributed by atoms with Gasteiger partial charge in [0.1, 0.15) is 16.5 Å². The Morgan fingerprint density at radius 1 is 1.00 bits per heavy atom. The predicted octanol–water partition coefficient (Wildman–Crippen LogP) is 5.05. The first-order chi connectivity index (χ1) is 16.1. The van der Waals surface area contributed by atoms with Crippen LogP contribution in [0.3, 0.4) is 0 Å². The van der Waals surface area contributed by atoms with Crippen molar-refractivity contribution in [3.05, 3.63) is 52.2 Å². The first-order valence-corrected chi connectivity index (χ1v) is 13.3. The van der Waals surface area contributed by atoms with Gasteiger partial charge < -0.3 is 9.80 Å². The lowest BCUT2D eigenvalue weighted by molar-refractivity contribution is -0.132. The van der Waals surface area contributed by atoms with E-state index in [1.807, 2.05) is 16.2 Å². The second-order valence-corrected chi connectivity index (χ2v) is 10.9. The lowest BCUT2D eigenvalue weighted by Gasteiger charge is -2.36. The zero-order valence-electron chi connectivity index (χ0n) is 19.8. The summed E-state index contributed by atoms with van der Waals surface area (Å²) in [5.74, 6) is 2.74. The Morgan fingerprint density at radius 3 is 2.52 bits per heavy atom. The van der Waals surface area contributed by atoms with Crippen molar-refractivity contribution in [3.8, 4) is 0 Å². The number of anilines is 1. The first kappa shape index (κ1) is 22.3. The fraction of sp³-hybridized carbons (Fsp3) is 0.519. The molecule has 1 saturated heterocycles. The summed E-state index contributed by atoms with van der Waals surface area (Å²) < 4.78 is 0. The number of hydrogen-bond acceptors (Lipinski definition) is 5. The number of rotatable bonds is 6. The monoisotopic (exact) mass is 462 g/mol. The Hall–Kier alpha value is -2.47. The highest BCUT2D eigenvalue weighted by Crippen LogP contribution is 2.40. The van der Waals surface area contributed by atoms with Crippen molar-refractivity contribution in [1.29, 1.82) is 0 Å². The minimum Gasteiger partial charge on any atom is -0.352 e. The quantitative estimate of drug-likeness (QED) is 0.514. The zero-order chi connectivity index (χ0) is 22.8. The maximum atomic E-state index is 12.6. The molecule has 1 fully saturated rings. The third kappa shape index (κ3) is 4.91. The standard InChI is InChI=1S/C27H34N4OS/c1-19(2)18-24(32)30-14-16-31(17-15-30)26-25-21-10-6-7-11-22(21)33-27(25)29-23(28-26)13-12-20-8-4-3-5-9-20/h3-5,8-9,19H,6-7,10-18H2,1-2H3. The molecule has 1 aromatic carbocycles. The summed E-state index contributed by atoms with van der Waals surface area (Å²) in [6, 6.07) is 10.6. The fourth-order valence-electron chi connectivity index (χ4n) is 5.07. The number of thiophene rings is 1. The Balaban J connectivity index is 1.42. The number of hydrogen-bond donors (Lipinski definition) is 0. The number of carbonyl (C=O) groups is 1. The molecule has 6 heteroatoms. The van der Waals surface area contributed by atoms with E-state index in [2.05, 4.69) is 49.1 Å². The summed E-state index contributed by atoms with van der Waals surface area (Å²) in [6.07, 6.45) is 7.29. The smallest absolute Gasteiger partial charge is 0.222 e. The number of benzene rings is 1. The molecule has 3 aromatic rings. The van der Waals surface area contributed by atoms with Gasteiger partial charge in [-0.05, 0) is 49.1 Å². The molecular formula is C27H34N4OS. The molecule has 0 spiro atoms. The van der Waals surface area contributed by atoms with Crippen molar-refractivity contribution in [2.75, 3.05) is 31.1 Å². The Bertz CT molecular complexity index is 1120. The number of fused-ring (bicyclic) bond motifs is 3. The molecule has 0 radical (unpaired) electrons. The minimum absolute atomic E-state index is 0.286. The van der Waals surface area contributed by atoms with Crippen LogP contribution in [0.25, 0.3) is 10.2 Å². The van der Waals surface area contributed by atoms with Gasteiger partial charge in [0.15, 0.2) is 0 Å². The van der Waals surface area contributed by atoms with Crippen LogP contribution in [0.4, 0.5) is 5.82 Å². The van der Waals surface area contributed by atoms with Crippen LogP contribution in [0, 0.1) is 5.92 Å². The second-order valence-electron chi connectivity index (χ2n) is 9.81. The highest BCUT2D eigenvalue weighted by atomic mass is 32.1. The molecule has 0 atom stereocenters. The fourth-order valence-corrected chi connectivity index (χ4v) is 6.34. The van der Waals surface area contributed by atoms with Crippen LogP contribution in [0.5, 0.6) is 0 Å². The summed E-state index contributed by atoms with van der Waals surface area (Å²) >= 11 is 1.88. The summed E-state index contributed by atoms with van der Waals surface area (Å²) in [6.45, 7) is 7.48. The summed E-state index contributed by atoms with van der Waals surface area (Å²) in [5.41, 5.74) is 2.81. The normalized spacial score (nSPS) is 16.5. The number of nitrogens with zero attached hydrogens (tertiary/aromatic N) is 4. The van der Waals surface area contributed by atoms with E-state index < -0.39 is 0 Å². The van der Waals surface area contributed by atoms with Crippen LogP contribution in [-0.4, -0.2) is 47.0 Å². The molecule has 0 unspecified atom stereocenters. The van der Waals surface area contributed by atoms with E-state index in [0.717, 1.165) is 61.9 Å². The lowest BCUT2D eigenvalue weighted by Crippen LogP contribution is -2.49. The van der Waals surface area contributed by atoms with E-state index >= 15 is 0 Å². The molecule has 0 bridgehead atoms. The van der Waals surface area contributed by atoms with Gasteiger partial charge in [0.25, 0.3) is 0 Å². The van der Waals surface area contributed by atoms with E-state index in [0.29, 0.717) is 12.3 Å². The van der Waals surface area contributed by atoms with Crippen LogP contribution >= 0.6 is 11.3 Å². The molecule has 0 saturated carbocycles. The lowest BCUT2D eigenvalue weighted by atomic mass is 9.96. The molecule has 174 valence electrons. The molecule has 1 aliphatic carbocycles.